The van der Waals surface area contributed by atoms with Gasteiger partial charge in [0.15, 0.2) is 0 Å². The standard InChI is InChI=1S/C19H25ClN4O/c1-23-19(25)18(20)17(13-22-23)21-12-15-8-4-5-9-16(15)14-24-10-6-2-3-7-11-24/h4-5,8-9,13,21H,2-3,6-7,10-12,14H2,1H3. The molecule has 0 aliphatic carbocycles. The van der Waals surface area contributed by atoms with E-state index < -0.39 is 0 Å². The first kappa shape index (κ1) is 18.0. The van der Waals surface area contributed by atoms with E-state index >= 15 is 0 Å². The van der Waals surface area contributed by atoms with Crippen LogP contribution in [0.5, 0.6) is 0 Å². The van der Waals surface area contributed by atoms with Crippen LogP contribution >= 0.6 is 11.6 Å². The van der Waals surface area contributed by atoms with Crippen LogP contribution < -0.4 is 10.9 Å². The molecule has 2 aromatic rings. The maximum Gasteiger partial charge on any atom is 0.287 e. The SMILES string of the molecule is Cn1ncc(NCc2ccccc2CN2CCCCCC2)c(Cl)c1=O. The van der Waals surface area contributed by atoms with Crippen molar-refractivity contribution in [3.05, 3.63) is 57.0 Å². The topological polar surface area (TPSA) is 50.2 Å². The monoisotopic (exact) mass is 360 g/mol. The van der Waals surface area contributed by atoms with Crippen molar-refractivity contribution in [1.82, 2.24) is 14.7 Å². The van der Waals surface area contributed by atoms with Gasteiger partial charge in [-0.1, -0.05) is 48.7 Å². The first-order chi connectivity index (χ1) is 12.1. The number of aryl methyl sites for hydroxylation is 1. The predicted octanol–water partition coefficient (Wildman–Crippen LogP) is 3.42. The summed E-state index contributed by atoms with van der Waals surface area (Å²) in [6.07, 6.45) is 6.85. The third-order valence-corrected chi connectivity index (χ3v) is 5.12. The van der Waals surface area contributed by atoms with E-state index in [1.807, 2.05) is 6.07 Å². The number of likely N-dealkylation sites (tertiary alicyclic amines) is 1. The van der Waals surface area contributed by atoms with Gasteiger partial charge in [-0.3, -0.25) is 9.69 Å². The number of hydrogen-bond acceptors (Lipinski definition) is 4. The second-order valence-electron chi connectivity index (χ2n) is 6.61. The van der Waals surface area contributed by atoms with Crippen LogP contribution in [0.15, 0.2) is 35.3 Å². The molecule has 25 heavy (non-hydrogen) atoms. The zero-order chi connectivity index (χ0) is 17.6. The van der Waals surface area contributed by atoms with E-state index in [4.69, 9.17) is 11.6 Å². The van der Waals surface area contributed by atoms with Gasteiger partial charge in [0, 0.05) is 20.1 Å². The fourth-order valence-corrected chi connectivity index (χ4v) is 3.48. The van der Waals surface area contributed by atoms with Gasteiger partial charge >= 0.3 is 0 Å². The highest BCUT2D eigenvalue weighted by Gasteiger charge is 2.12. The molecule has 0 unspecified atom stereocenters. The molecular formula is C19H25ClN4O. The van der Waals surface area contributed by atoms with Gasteiger partial charge in [-0.2, -0.15) is 5.10 Å². The Balaban J connectivity index is 1.71. The number of benzene rings is 1. The maximum atomic E-state index is 11.9. The summed E-state index contributed by atoms with van der Waals surface area (Å²) < 4.78 is 1.24. The summed E-state index contributed by atoms with van der Waals surface area (Å²) in [4.78, 5) is 14.4. The molecular weight excluding hydrogens is 336 g/mol. The van der Waals surface area contributed by atoms with Gasteiger partial charge < -0.3 is 5.32 Å². The Bertz CT molecular complexity index is 766. The third-order valence-electron chi connectivity index (χ3n) is 4.76. The minimum atomic E-state index is -0.287. The van der Waals surface area contributed by atoms with E-state index in [-0.39, 0.29) is 10.6 Å². The molecule has 134 valence electrons. The van der Waals surface area contributed by atoms with E-state index in [1.54, 1.807) is 13.2 Å². The van der Waals surface area contributed by atoms with Crippen molar-refractivity contribution in [2.75, 3.05) is 18.4 Å². The van der Waals surface area contributed by atoms with Crippen molar-refractivity contribution in [1.29, 1.82) is 0 Å². The van der Waals surface area contributed by atoms with Gasteiger partial charge in [0.05, 0.1) is 11.9 Å². The number of aromatic nitrogens is 2. The van der Waals surface area contributed by atoms with Crippen LogP contribution in [0, 0.1) is 0 Å². The van der Waals surface area contributed by atoms with Crippen molar-refractivity contribution < 1.29 is 0 Å². The Morgan fingerprint density at radius 2 is 1.80 bits per heavy atom. The summed E-state index contributed by atoms with van der Waals surface area (Å²) >= 11 is 6.13. The number of anilines is 1. The normalized spacial score (nSPS) is 15.8. The molecule has 0 spiro atoms. The van der Waals surface area contributed by atoms with Crippen molar-refractivity contribution in [3.63, 3.8) is 0 Å². The second-order valence-corrected chi connectivity index (χ2v) is 6.99. The largest absolute Gasteiger partial charge is 0.378 e. The van der Waals surface area contributed by atoms with Crippen molar-refractivity contribution >= 4 is 17.3 Å². The van der Waals surface area contributed by atoms with Crippen molar-refractivity contribution in [3.8, 4) is 0 Å². The number of rotatable bonds is 5. The van der Waals surface area contributed by atoms with Crippen LogP contribution in [0.4, 0.5) is 5.69 Å². The summed E-state index contributed by atoms with van der Waals surface area (Å²) in [5, 5.41) is 7.47. The smallest absolute Gasteiger partial charge is 0.287 e. The van der Waals surface area contributed by atoms with Crippen LogP contribution in [-0.4, -0.2) is 27.8 Å². The van der Waals surface area contributed by atoms with Crippen LogP contribution in [0.1, 0.15) is 36.8 Å². The van der Waals surface area contributed by atoms with E-state index in [9.17, 15) is 4.79 Å². The molecule has 1 N–H and O–H groups in total. The molecule has 1 aromatic carbocycles. The molecule has 0 atom stereocenters. The Labute approximate surface area is 153 Å². The van der Waals surface area contributed by atoms with Gasteiger partial charge in [-0.25, -0.2) is 4.68 Å². The highest BCUT2D eigenvalue weighted by molar-refractivity contribution is 6.32. The zero-order valence-corrected chi connectivity index (χ0v) is 15.4. The molecule has 0 amide bonds. The van der Waals surface area contributed by atoms with E-state index in [2.05, 4.69) is 33.5 Å². The van der Waals surface area contributed by atoms with Crippen LogP contribution in [0.2, 0.25) is 5.02 Å². The van der Waals surface area contributed by atoms with E-state index in [0.29, 0.717) is 12.2 Å². The van der Waals surface area contributed by atoms with Crippen LogP contribution in [-0.2, 0) is 20.1 Å². The van der Waals surface area contributed by atoms with E-state index in [1.165, 1.54) is 54.6 Å². The molecule has 0 bridgehead atoms. The molecule has 3 rings (SSSR count). The fourth-order valence-electron chi connectivity index (χ4n) is 3.24. The Hall–Kier alpha value is -1.85. The fraction of sp³-hybridized carbons (Fsp3) is 0.474. The molecule has 1 saturated heterocycles. The highest BCUT2D eigenvalue weighted by atomic mass is 35.5. The average Bonchev–Trinajstić information content (AvgIpc) is 2.89. The lowest BCUT2D eigenvalue weighted by Gasteiger charge is -2.22. The predicted molar refractivity (Wildman–Crippen MR) is 102 cm³/mol. The number of nitrogens with one attached hydrogen (secondary N) is 1. The highest BCUT2D eigenvalue weighted by Crippen LogP contribution is 2.19. The average molecular weight is 361 g/mol. The number of nitrogens with zero attached hydrogens (tertiary/aromatic N) is 3. The van der Waals surface area contributed by atoms with Gasteiger partial charge in [0.25, 0.3) is 5.56 Å². The minimum Gasteiger partial charge on any atom is -0.378 e. The molecule has 1 aromatic heterocycles. The van der Waals surface area contributed by atoms with E-state index in [0.717, 1.165) is 6.54 Å². The van der Waals surface area contributed by atoms with Crippen molar-refractivity contribution in [2.45, 2.75) is 38.8 Å². The first-order valence-corrected chi connectivity index (χ1v) is 9.28. The Morgan fingerprint density at radius 3 is 2.52 bits per heavy atom. The molecule has 0 saturated carbocycles. The molecule has 5 nitrogen and oxygen atoms in total. The third kappa shape index (κ3) is 4.61. The molecule has 1 fully saturated rings. The Kier molecular flexibility index (Phi) is 6.10. The summed E-state index contributed by atoms with van der Waals surface area (Å²) in [6, 6.07) is 8.45. The lowest BCUT2D eigenvalue weighted by molar-refractivity contribution is 0.276. The minimum absolute atomic E-state index is 0.183. The lowest BCUT2D eigenvalue weighted by atomic mass is 10.1. The lowest BCUT2D eigenvalue weighted by Crippen LogP contribution is -2.25. The maximum absolute atomic E-state index is 11.9. The Morgan fingerprint density at radius 1 is 1.12 bits per heavy atom. The summed E-state index contributed by atoms with van der Waals surface area (Å²) in [7, 11) is 1.59. The molecule has 1 aliphatic rings. The molecule has 6 heteroatoms. The molecule has 0 radical (unpaired) electrons. The van der Waals surface area contributed by atoms with Gasteiger partial charge in [-0.05, 0) is 37.1 Å². The summed E-state index contributed by atoms with van der Waals surface area (Å²) in [6.45, 7) is 3.94. The van der Waals surface area contributed by atoms with Crippen LogP contribution in [0.3, 0.4) is 0 Å². The number of hydrogen-bond donors (Lipinski definition) is 1. The molecule has 1 aliphatic heterocycles. The second kappa shape index (κ2) is 8.50. The van der Waals surface area contributed by atoms with Crippen LogP contribution in [0.25, 0.3) is 0 Å². The first-order valence-electron chi connectivity index (χ1n) is 8.90. The van der Waals surface area contributed by atoms with Crippen molar-refractivity contribution in [2.24, 2.45) is 7.05 Å². The summed E-state index contributed by atoms with van der Waals surface area (Å²) in [5.41, 5.74) is 2.84. The zero-order valence-electron chi connectivity index (χ0n) is 14.7. The van der Waals surface area contributed by atoms with Gasteiger partial charge in [0.2, 0.25) is 0 Å². The number of halogens is 1. The molecule has 2 heterocycles. The van der Waals surface area contributed by atoms with Gasteiger partial charge in [0.1, 0.15) is 5.02 Å². The summed E-state index contributed by atoms with van der Waals surface area (Å²) in [5.74, 6) is 0. The van der Waals surface area contributed by atoms with Gasteiger partial charge in [-0.15, -0.1) is 0 Å². The quantitative estimate of drug-likeness (QED) is 0.887.